The number of ether oxygens (including phenoxy) is 1. The fourth-order valence-electron chi connectivity index (χ4n) is 1.87. The minimum absolute atomic E-state index is 0.750. The van der Waals surface area contributed by atoms with Crippen LogP contribution < -0.4 is 4.74 Å². The summed E-state index contributed by atoms with van der Waals surface area (Å²) in [4.78, 5) is 3.02. The van der Waals surface area contributed by atoms with Gasteiger partial charge < -0.3 is 9.72 Å². The van der Waals surface area contributed by atoms with Crippen LogP contribution in [0, 0.1) is 0 Å². The molecule has 0 unspecified atom stereocenters. The van der Waals surface area contributed by atoms with Crippen molar-refractivity contribution in [3.05, 3.63) is 72.9 Å². The van der Waals surface area contributed by atoms with Gasteiger partial charge in [0.25, 0.3) is 0 Å². The standard InChI is InChI=1S/C16H13NO/c1-2-6-13(7-3-1)14-8-4-9-15(12-14)18-16-10-5-11-17-16/h1-12,17H. The van der Waals surface area contributed by atoms with E-state index in [1.54, 1.807) is 0 Å². The van der Waals surface area contributed by atoms with Crippen molar-refractivity contribution in [3.8, 4) is 22.8 Å². The molecule has 0 aliphatic rings. The van der Waals surface area contributed by atoms with Gasteiger partial charge in [-0.25, -0.2) is 0 Å². The molecule has 0 spiro atoms. The van der Waals surface area contributed by atoms with Gasteiger partial charge in [-0.1, -0.05) is 42.5 Å². The SMILES string of the molecule is c1ccc(-c2cccc(Oc3ccc[nH]3)c2)cc1. The number of aromatic nitrogens is 1. The molecular formula is C16H13NO. The summed E-state index contributed by atoms with van der Waals surface area (Å²) >= 11 is 0. The average Bonchev–Trinajstić information content (AvgIpc) is 2.93. The van der Waals surface area contributed by atoms with Crippen LogP contribution in [0.1, 0.15) is 0 Å². The van der Waals surface area contributed by atoms with Crippen LogP contribution in [-0.4, -0.2) is 4.98 Å². The van der Waals surface area contributed by atoms with Crippen LogP contribution >= 0.6 is 0 Å². The molecule has 1 heterocycles. The highest BCUT2D eigenvalue weighted by Crippen LogP contribution is 2.26. The number of benzene rings is 2. The number of hydrogen-bond acceptors (Lipinski definition) is 1. The highest BCUT2D eigenvalue weighted by molar-refractivity contribution is 5.64. The van der Waals surface area contributed by atoms with E-state index in [0.717, 1.165) is 17.2 Å². The lowest BCUT2D eigenvalue weighted by molar-refractivity contribution is 0.466. The summed E-state index contributed by atoms with van der Waals surface area (Å²) in [7, 11) is 0. The first-order valence-electron chi connectivity index (χ1n) is 5.88. The third-order valence-corrected chi connectivity index (χ3v) is 2.74. The van der Waals surface area contributed by atoms with Crippen molar-refractivity contribution in [3.63, 3.8) is 0 Å². The molecular weight excluding hydrogens is 222 g/mol. The van der Waals surface area contributed by atoms with Gasteiger partial charge in [-0.15, -0.1) is 0 Å². The Morgan fingerprint density at radius 3 is 2.33 bits per heavy atom. The zero-order chi connectivity index (χ0) is 12.2. The summed E-state index contributed by atoms with van der Waals surface area (Å²) < 4.78 is 5.72. The van der Waals surface area contributed by atoms with Crippen LogP contribution in [0.25, 0.3) is 11.1 Å². The van der Waals surface area contributed by atoms with Crippen LogP contribution in [0.2, 0.25) is 0 Å². The lowest BCUT2D eigenvalue weighted by Gasteiger charge is -2.06. The van der Waals surface area contributed by atoms with E-state index in [2.05, 4.69) is 23.2 Å². The molecule has 0 bridgehead atoms. The zero-order valence-corrected chi connectivity index (χ0v) is 9.84. The summed E-state index contributed by atoms with van der Waals surface area (Å²) in [6, 6.07) is 22.2. The van der Waals surface area contributed by atoms with E-state index in [1.807, 2.05) is 54.7 Å². The van der Waals surface area contributed by atoms with E-state index < -0.39 is 0 Å². The van der Waals surface area contributed by atoms with Crippen molar-refractivity contribution in [2.45, 2.75) is 0 Å². The van der Waals surface area contributed by atoms with Crippen molar-refractivity contribution in [2.75, 3.05) is 0 Å². The lowest BCUT2D eigenvalue weighted by Crippen LogP contribution is -1.84. The Labute approximate surface area is 106 Å². The second-order valence-corrected chi connectivity index (χ2v) is 4.03. The van der Waals surface area contributed by atoms with Crippen molar-refractivity contribution >= 4 is 0 Å². The maximum absolute atomic E-state index is 5.72. The molecule has 0 aliphatic carbocycles. The Hall–Kier alpha value is -2.48. The number of nitrogens with one attached hydrogen (secondary N) is 1. The highest BCUT2D eigenvalue weighted by atomic mass is 16.5. The lowest BCUT2D eigenvalue weighted by atomic mass is 10.1. The van der Waals surface area contributed by atoms with Gasteiger partial charge in [-0.05, 0) is 29.3 Å². The van der Waals surface area contributed by atoms with E-state index in [9.17, 15) is 0 Å². The number of rotatable bonds is 3. The Bertz CT molecular complexity index is 615. The first-order valence-corrected chi connectivity index (χ1v) is 5.88. The fourth-order valence-corrected chi connectivity index (χ4v) is 1.87. The molecule has 0 aliphatic heterocycles. The van der Waals surface area contributed by atoms with Crippen LogP contribution in [0.5, 0.6) is 11.6 Å². The monoisotopic (exact) mass is 235 g/mol. The summed E-state index contributed by atoms with van der Waals surface area (Å²) in [6.07, 6.45) is 1.84. The molecule has 0 saturated carbocycles. The number of aromatic amines is 1. The van der Waals surface area contributed by atoms with Gasteiger partial charge in [0.1, 0.15) is 5.75 Å². The summed E-state index contributed by atoms with van der Waals surface area (Å²) in [6.45, 7) is 0. The van der Waals surface area contributed by atoms with Crippen LogP contribution in [0.3, 0.4) is 0 Å². The van der Waals surface area contributed by atoms with Gasteiger partial charge in [-0.3, -0.25) is 0 Å². The molecule has 2 nitrogen and oxygen atoms in total. The van der Waals surface area contributed by atoms with E-state index in [4.69, 9.17) is 4.74 Å². The number of hydrogen-bond donors (Lipinski definition) is 1. The largest absolute Gasteiger partial charge is 0.441 e. The molecule has 0 radical (unpaired) electrons. The van der Waals surface area contributed by atoms with Gasteiger partial charge in [-0.2, -0.15) is 0 Å². The minimum Gasteiger partial charge on any atom is -0.441 e. The molecule has 3 rings (SSSR count). The quantitative estimate of drug-likeness (QED) is 0.711. The van der Waals surface area contributed by atoms with E-state index in [0.29, 0.717) is 0 Å². The maximum Gasteiger partial charge on any atom is 0.197 e. The van der Waals surface area contributed by atoms with Crippen molar-refractivity contribution < 1.29 is 4.74 Å². The fraction of sp³-hybridized carbons (Fsp3) is 0. The molecule has 0 atom stereocenters. The third-order valence-electron chi connectivity index (χ3n) is 2.74. The smallest absolute Gasteiger partial charge is 0.197 e. The van der Waals surface area contributed by atoms with Crippen molar-refractivity contribution in [1.29, 1.82) is 0 Å². The van der Waals surface area contributed by atoms with E-state index in [1.165, 1.54) is 5.56 Å². The predicted octanol–water partition coefficient (Wildman–Crippen LogP) is 4.47. The highest BCUT2D eigenvalue weighted by Gasteiger charge is 2.01. The second-order valence-electron chi connectivity index (χ2n) is 4.03. The summed E-state index contributed by atoms with van der Waals surface area (Å²) in [5.74, 6) is 1.58. The van der Waals surface area contributed by atoms with Crippen LogP contribution in [-0.2, 0) is 0 Å². The second kappa shape index (κ2) is 4.80. The van der Waals surface area contributed by atoms with Gasteiger partial charge in [0.2, 0.25) is 0 Å². The first-order chi connectivity index (χ1) is 8.92. The molecule has 1 N–H and O–H groups in total. The first kappa shape index (κ1) is 10.7. The molecule has 18 heavy (non-hydrogen) atoms. The molecule has 3 aromatic rings. The molecule has 0 fully saturated rings. The van der Waals surface area contributed by atoms with Crippen molar-refractivity contribution in [1.82, 2.24) is 4.98 Å². The van der Waals surface area contributed by atoms with Gasteiger partial charge >= 0.3 is 0 Å². The summed E-state index contributed by atoms with van der Waals surface area (Å²) in [5.41, 5.74) is 2.34. The summed E-state index contributed by atoms with van der Waals surface area (Å²) in [5, 5.41) is 0. The number of H-pyrrole nitrogens is 1. The van der Waals surface area contributed by atoms with Gasteiger partial charge in [0, 0.05) is 12.3 Å². The Balaban J connectivity index is 1.90. The minimum atomic E-state index is 0.750. The predicted molar refractivity (Wildman–Crippen MR) is 72.7 cm³/mol. The molecule has 88 valence electrons. The molecule has 0 amide bonds. The normalized spacial score (nSPS) is 10.2. The van der Waals surface area contributed by atoms with Gasteiger partial charge in [0.15, 0.2) is 5.88 Å². The Kier molecular flexibility index (Phi) is 2.84. The molecule has 0 saturated heterocycles. The van der Waals surface area contributed by atoms with Crippen LogP contribution in [0.4, 0.5) is 0 Å². The van der Waals surface area contributed by atoms with E-state index >= 15 is 0 Å². The topological polar surface area (TPSA) is 25.0 Å². The van der Waals surface area contributed by atoms with Crippen LogP contribution in [0.15, 0.2) is 72.9 Å². The average molecular weight is 235 g/mol. The Morgan fingerprint density at radius 2 is 1.56 bits per heavy atom. The Morgan fingerprint density at radius 1 is 0.722 bits per heavy atom. The molecule has 2 aromatic carbocycles. The molecule has 2 heteroatoms. The van der Waals surface area contributed by atoms with Gasteiger partial charge in [0.05, 0.1) is 0 Å². The third kappa shape index (κ3) is 2.28. The van der Waals surface area contributed by atoms with Crippen molar-refractivity contribution in [2.24, 2.45) is 0 Å². The molecule has 1 aromatic heterocycles. The maximum atomic E-state index is 5.72. The zero-order valence-electron chi connectivity index (χ0n) is 9.84. The van der Waals surface area contributed by atoms with E-state index in [-0.39, 0.29) is 0 Å².